The molecule has 2 aromatic carbocycles. The molecule has 0 saturated heterocycles. The van der Waals surface area contributed by atoms with Crippen LogP contribution in [0.2, 0.25) is 0 Å². The van der Waals surface area contributed by atoms with Gasteiger partial charge in [0.05, 0.1) is 19.0 Å². The fourth-order valence-electron chi connectivity index (χ4n) is 5.54. The van der Waals surface area contributed by atoms with E-state index in [1.54, 1.807) is 0 Å². The van der Waals surface area contributed by atoms with E-state index in [0.717, 1.165) is 19.4 Å². The Labute approximate surface area is 221 Å². The van der Waals surface area contributed by atoms with E-state index in [9.17, 15) is 0 Å². The Balaban J connectivity index is 1.67. The summed E-state index contributed by atoms with van der Waals surface area (Å²) in [5.74, 6) is 1.97. The van der Waals surface area contributed by atoms with Gasteiger partial charge in [0, 0.05) is 6.42 Å². The molecule has 0 amide bonds. The summed E-state index contributed by atoms with van der Waals surface area (Å²) in [6, 6.07) is 22.5. The molecule has 0 fully saturated rings. The van der Waals surface area contributed by atoms with Gasteiger partial charge < -0.3 is 0 Å². The smallest absolute Gasteiger partial charge is 0.234 e. The summed E-state index contributed by atoms with van der Waals surface area (Å²) in [6.45, 7) is 10.5. The van der Waals surface area contributed by atoms with E-state index in [1.165, 1.54) is 86.9 Å². The highest BCUT2D eigenvalue weighted by Gasteiger charge is 2.26. The van der Waals surface area contributed by atoms with E-state index in [0.29, 0.717) is 12.0 Å². The summed E-state index contributed by atoms with van der Waals surface area (Å²) in [4.78, 5) is 0. The van der Waals surface area contributed by atoms with Crippen LogP contribution >= 0.6 is 0 Å². The molecule has 196 valence electrons. The minimum Gasteiger partial charge on any atom is -0.234 e. The fourth-order valence-corrected chi connectivity index (χ4v) is 5.54. The molecule has 1 unspecified atom stereocenters. The topological polar surface area (TPSA) is 8.81 Å². The lowest BCUT2D eigenvalue weighted by molar-refractivity contribution is -0.704. The molecule has 3 aromatic rings. The van der Waals surface area contributed by atoms with Gasteiger partial charge in [-0.1, -0.05) is 126 Å². The molecule has 2 nitrogen and oxygen atoms in total. The van der Waals surface area contributed by atoms with Gasteiger partial charge in [-0.3, -0.25) is 0 Å². The summed E-state index contributed by atoms with van der Waals surface area (Å²) < 4.78 is 5.22. The SMILES string of the molecule is CCCCCCCCCCCC[n+]1cc(CC(C)c2ccccc2)n(C(C)C)c1Cc1ccccc1. The molecule has 3 rings (SSSR count). The maximum atomic E-state index is 2.63. The van der Waals surface area contributed by atoms with E-state index in [2.05, 4.69) is 104 Å². The molecular weight excluding hydrogens is 436 g/mol. The first-order chi connectivity index (χ1) is 17.6. The maximum absolute atomic E-state index is 2.63. The Morgan fingerprint density at radius 1 is 0.694 bits per heavy atom. The molecule has 1 atom stereocenters. The normalized spacial score (nSPS) is 12.4. The van der Waals surface area contributed by atoms with Gasteiger partial charge in [0.1, 0.15) is 11.9 Å². The first-order valence-electron chi connectivity index (χ1n) is 14.8. The van der Waals surface area contributed by atoms with Gasteiger partial charge in [-0.15, -0.1) is 0 Å². The average Bonchev–Trinajstić information content (AvgIpc) is 3.22. The van der Waals surface area contributed by atoms with Gasteiger partial charge >= 0.3 is 0 Å². The van der Waals surface area contributed by atoms with Crippen molar-refractivity contribution in [2.45, 2.75) is 123 Å². The number of hydrogen-bond donors (Lipinski definition) is 0. The average molecular weight is 488 g/mol. The van der Waals surface area contributed by atoms with E-state index >= 15 is 0 Å². The van der Waals surface area contributed by atoms with Crippen molar-refractivity contribution in [1.29, 1.82) is 0 Å². The number of imidazole rings is 1. The molecule has 0 radical (unpaired) electrons. The number of aryl methyl sites for hydroxylation is 1. The molecule has 1 aromatic heterocycles. The van der Waals surface area contributed by atoms with Crippen molar-refractivity contribution in [3.63, 3.8) is 0 Å². The van der Waals surface area contributed by atoms with Crippen molar-refractivity contribution in [3.8, 4) is 0 Å². The number of rotatable bonds is 17. The Kier molecular flexibility index (Phi) is 12.3. The largest absolute Gasteiger partial charge is 0.261 e. The van der Waals surface area contributed by atoms with Gasteiger partial charge in [0.2, 0.25) is 0 Å². The molecule has 0 saturated carbocycles. The predicted octanol–water partition coefficient (Wildman–Crippen LogP) is 9.21. The van der Waals surface area contributed by atoms with Crippen molar-refractivity contribution in [2.75, 3.05) is 0 Å². The molecule has 0 N–H and O–H groups in total. The third-order valence-electron chi connectivity index (χ3n) is 7.58. The number of unbranched alkanes of at least 4 members (excludes halogenated alkanes) is 9. The molecular formula is C34H51N2+. The van der Waals surface area contributed by atoms with E-state index in [-0.39, 0.29) is 0 Å². The van der Waals surface area contributed by atoms with Crippen molar-refractivity contribution >= 4 is 0 Å². The lowest BCUT2D eigenvalue weighted by atomic mass is 9.96. The van der Waals surface area contributed by atoms with Crippen LogP contribution in [0.1, 0.15) is 127 Å². The molecule has 0 aliphatic rings. The summed E-state index contributed by atoms with van der Waals surface area (Å²) in [7, 11) is 0. The highest BCUT2D eigenvalue weighted by Crippen LogP contribution is 2.24. The van der Waals surface area contributed by atoms with Crippen LogP contribution < -0.4 is 4.57 Å². The lowest BCUT2D eigenvalue weighted by Crippen LogP contribution is -2.37. The van der Waals surface area contributed by atoms with Gasteiger partial charge in [0.25, 0.3) is 5.82 Å². The second kappa shape index (κ2) is 15.7. The quantitative estimate of drug-likeness (QED) is 0.132. The monoisotopic (exact) mass is 487 g/mol. The molecule has 0 bridgehead atoms. The molecule has 0 aliphatic heterocycles. The van der Waals surface area contributed by atoms with Crippen LogP contribution in [-0.2, 0) is 19.4 Å². The maximum Gasteiger partial charge on any atom is 0.261 e. The van der Waals surface area contributed by atoms with Crippen LogP contribution in [0.15, 0.2) is 66.9 Å². The number of benzene rings is 2. The Morgan fingerprint density at radius 3 is 1.83 bits per heavy atom. The van der Waals surface area contributed by atoms with E-state index in [4.69, 9.17) is 0 Å². The third-order valence-corrected chi connectivity index (χ3v) is 7.58. The number of nitrogens with zero attached hydrogens (tertiary/aromatic N) is 2. The zero-order chi connectivity index (χ0) is 25.6. The van der Waals surface area contributed by atoms with Gasteiger partial charge in [-0.2, -0.15) is 0 Å². The molecule has 2 heteroatoms. The van der Waals surface area contributed by atoms with Crippen LogP contribution in [0, 0.1) is 0 Å². The first kappa shape index (κ1) is 28.2. The highest BCUT2D eigenvalue weighted by molar-refractivity contribution is 5.22. The molecule has 36 heavy (non-hydrogen) atoms. The predicted molar refractivity (Wildman–Crippen MR) is 155 cm³/mol. The van der Waals surface area contributed by atoms with Crippen molar-refractivity contribution in [2.24, 2.45) is 0 Å². The molecule has 1 heterocycles. The third kappa shape index (κ3) is 8.95. The van der Waals surface area contributed by atoms with Gasteiger partial charge in [-0.25, -0.2) is 9.13 Å². The fraction of sp³-hybridized carbons (Fsp3) is 0.559. The van der Waals surface area contributed by atoms with Crippen molar-refractivity contribution < 1.29 is 4.57 Å². The summed E-state index contributed by atoms with van der Waals surface area (Å²) in [5, 5.41) is 0. The molecule has 0 spiro atoms. The van der Waals surface area contributed by atoms with Crippen LogP contribution in [0.4, 0.5) is 0 Å². The minimum atomic E-state index is 0.454. The second-order valence-corrected chi connectivity index (χ2v) is 11.1. The van der Waals surface area contributed by atoms with Crippen molar-refractivity contribution in [1.82, 2.24) is 4.57 Å². The lowest BCUT2D eigenvalue weighted by Gasteiger charge is -2.13. The number of hydrogen-bond acceptors (Lipinski definition) is 0. The van der Waals surface area contributed by atoms with E-state index < -0.39 is 0 Å². The number of aromatic nitrogens is 2. The molecule has 0 aliphatic carbocycles. The Hall–Kier alpha value is -2.35. The van der Waals surface area contributed by atoms with Crippen LogP contribution in [0.5, 0.6) is 0 Å². The summed E-state index contributed by atoms with van der Waals surface area (Å²) in [6.07, 6.45) is 18.4. The Bertz CT molecular complexity index is 971. The summed E-state index contributed by atoms with van der Waals surface area (Å²) >= 11 is 0. The first-order valence-corrected chi connectivity index (χ1v) is 14.8. The van der Waals surface area contributed by atoms with Crippen molar-refractivity contribution in [3.05, 3.63) is 89.5 Å². The van der Waals surface area contributed by atoms with Gasteiger partial charge in [-0.05, 0) is 43.7 Å². The Morgan fingerprint density at radius 2 is 1.25 bits per heavy atom. The van der Waals surface area contributed by atoms with Gasteiger partial charge in [0.15, 0.2) is 0 Å². The van der Waals surface area contributed by atoms with E-state index in [1.807, 2.05) is 0 Å². The zero-order valence-electron chi connectivity index (χ0n) is 23.6. The minimum absolute atomic E-state index is 0.454. The second-order valence-electron chi connectivity index (χ2n) is 11.1. The summed E-state index contributed by atoms with van der Waals surface area (Å²) in [5.41, 5.74) is 4.30. The standard InChI is InChI=1S/C34H51N2/c1-5-6-7-8-9-10-11-12-13-20-25-35-28-33(26-30(4)32-23-18-15-19-24-32)36(29(2)3)34(35)27-31-21-16-14-17-22-31/h14-19,21-24,28-30H,5-13,20,25-27H2,1-4H3/q+1. The highest BCUT2D eigenvalue weighted by atomic mass is 15.2. The zero-order valence-corrected chi connectivity index (χ0v) is 23.6. The van der Waals surface area contributed by atoms with Crippen LogP contribution in [0.25, 0.3) is 0 Å². The van der Waals surface area contributed by atoms with Crippen LogP contribution in [-0.4, -0.2) is 4.57 Å². The van der Waals surface area contributed by atoms with Crippen LogP contribution in [0.3, 0.4) is 0 Å².